The Hall–Kier alpha value is -4.19. The Morgan fingerprint density at radius 3 is 2.75 bits per heavy atom. The van der Waals surface area contributed by atoms with Crippen molar-refractivity contribution in [3.63, 3.8) is 0 Å². The number of benzene rings is 1. The fourth-order valence-electron chi connectivity index (χ4n) is 5.22. The number of aromatic nitrogens is 3. The fraction of sp³-hybridized carbons (Fsp3) is 0.344. The zero-order valence-electron chi connectivity index (χ0n) is 23.4. The average molecular weight is 536 g/mol. The molecule has 0 atom stereocenters. The molecule has 0 saturated carbocycles. The third kappa shape index (κ3) is 6.50. The minimum atomic E-state index is 0.480. The van der Waals surface area contributed by atoms with Crippen molar-refractivity contribution in [2.75, 3.05) is 31.6 Å². The van der Waals surface area contributed by atoms with Gasteiger partial charge < -0.3 is 25.3 Å². The number of hydrogen-bond acceptors (Lipinski definition) is 7. The van der Waals surface area contributed by atoms with Crippen LogP contribution in [0.5, 0.6) is 5.75 Å². The van der Waals surface area contributed by atoms with Gasteiger partial charge in [-0.3, -0.25) is 9.97 Å². The summed E-state index contributed by atoms with van der Waals surface area (Å²) < 4.78 is 5.99. The van der Waals surface area contributed by atoms with Crippen molar-refractivity contribution < 1.29 is 4.74 Å². The van der Waals surface area contributed by atoms with E-state index in [0.29, 0.717) is 24.3 Å². The molecule has 8 nitrogen and oxygen atoms in total. The van der Waals surface area contributed by atoms with Gasteiger partial charge in [-0.1, -0.05) is 12.2 Å². The number of piperidine rings is 1. The smallest absolute Gasteiger partial charge is 0.138 e. The molecule has 1 saturated heterocycles. The van der Waals surface area contributed by atoms with Crippen molar-refractivity contribution in [1.29, 1.82) is 5.26 Å². The summed E-state index contributed by atoms with van der Waals surface area (Å²) in [5.41, 5.74) is 6.05. The third-order valence-corrected chi connectivity index (χ3v) is 7.61. The number of aromatic amines is 1. The number of nitrogens with zero attached hydrogens (tertiary/aromatic N) is 4. The predicted molar refractivity (Wildman–Crippen MR) is 162 cm³/mol. The van der Waals surface area contributed by atoms with Gasteiger partial charge in [0.1, 0.15) is 18.4 Å². The van der Waals surface area contributed by atoms with Gasteiger partial charge in [0.05, 0.1) is 17.4 Å². The standard InChI is InChI=1S/C32H37N7O/c1-22(2)39-13-9-27(10-14-39)36-12-15-40-28-16-24(18-34-21-28)4-5-25-19-35-20-26(17-33)32(25)38-30-6-7-31-29(23(30)3)8-11-37-31/h4-8,11,16,18-22,27,36-37H,9-10,12-15H2,1-3H3,(H,35,38). The van der Waals surface area contributed by atoms with Gasteiger partial charge in [0.25, 0.3) is 0 Å². The molecular weight excluding hydrogens is 498 g/mol. The molecular formula is C32H37N7O. The van der Waals surface area contributed by atoms with Gasteiger partial charge in [-0.15, -0.1) is 0 Å². The Morgan fingerprint density at radius 1 is 1.12 bits per heavy atom. The summed E-state index contributed by atoms with van der Waals surface area (Å²) in [5, 5.41) is 18.0. The first-order valence-corrected chi connectivity index (χ1v) is 14.0. The normalized spacial score (nSPS) is 14.7. The van der Waals surface area contributed by atoms with Crippen LogP contribution in [0.3, 0.4) is 0 Å². The average Bonchev–Trinajstić information content (AvgIpc) is 3.46. The van der Waals surface area contributed by atoms with Crippen molar-refractivity contribution in [2.24, 2.45) is 0 Å². The first kappa shape index (κ1) is 27.4. The lowest BCUT2D eigenvalue weighted by Crippen LogP contribution is -2.45. The van der Waals surface area contributed by atoms with Crippen LogP contribution in [0.15, 0.2) is 55.2 Å². The van der Waals surface area contributed by atoms with E-state index in [1.54, 1.807) is 24.8 Å². The molecule has 206 valence electrons. The molecule has 5 rings (SSSR count). The van der Waals surface area contributed by atoms with Crippen LogP contribution in [0.25, 0.3) is 23.1 Å². The Balaban J connectivity index is 1.22. The number of aryl methyl sites for hydroxylation is 1. The molecule has 1 fully saturated rings. The number of nitrogens with one attached hydrogen (secondary N) is 3. The summed E-state index contributed by atoms with van der Waals surface area (Å²) in [6.45, 7) is 10.3. The Bertz CT molecular complexity index is 1510. The molecule has 4 aromatic rings. The summed E-state index contributed by atoms with van der Waals surface area (Å²) in [4.78, 5) is 14.4. The van der Waals surface area contributed by atoms with Gasteiger partial charge >= 0.3 is 0 Å². The number of hydrogen-bond donors (Lipinski definition) is 3. The number of H-pyrrole nitrogens is 1. The highest BCUT2D eigenvalue weighted by Crippen LogP contribution is 2.31. The number of rotatable bonds is 10. The van der Waals surface area contributed by atoms with Crippen LogP contribution in [0.1, 0.15) is 48.9 Å². The van der Waals surface area contributed by atoms with Crippen LogP contribution in [0.2, 0.25) is 0 Å². The molecule has 1 aromatic carbocycles. The van der Waals surface area contributed by atoms with Gasteiger partial charge in [0.15, 0.2) is 0 Å². The zero-order valence-corrected chi connectivity index (χ0v) is 23.4. The fourth-order valence-corrected chi connectivity index (χ4v) is 5.22. The summed E-state index contributed by atoms with van der Waals surface area (Å²) in [6, 6.07) is 11.5. The monoisotopic (exact) mass is 535 g/mol. The Labute approximate surface area is 236 Å². The lowest BCUT2D eigenvalue weighted by atomic mass is 10.0. The van der Waals surface area contributed by atoms with Crippen LogP contribution in [0.4, 0.5) is 11.4 Å². The van der Waals surface area contributed by atoms with E-state index in [1.165, 1.54) is 12.8 Å². The lowest BCUT2D eigenvalue weighted by Gasteiger charge is -2.35. The minimum Gasteiger partial charge on any atom is -0.491 e. The second kappa shape index (κ2) is 12.8. The van der Waals surface area contributed by atoms with E-state index in [1.807, 2.05) is 36.5 Å². The molecule has 1 aliphatic heterocycles. The number of anilines is 2. The highest BCUT2D eigenvalue weighted by molar-refractivity contribution is 5.90. The van der Waals surface area contributed by atoms with Crippen molar-refractivity contribution in [3.05, 3.63) is 77.5 Å². The Kier molecular flexibility index (Phi) is 8.74. The van der Waals surface area contributed by atoms with Crippen LogP contribution in [-0.2, 0) is 0 Å². The lowest BCUT2D eigenvalue weighted by molar-refractivity contribution is 0.158. The van der Waals surface area contributed by atoms with Gasteiger partial charge in [-0.2, -0.15) is 5.26 Å². The maximum absolute atomic E-state index is 9.78. The molecule has 4 heterocycles. The SMILES string of the molecule is Cc1c(Nc2c(C#N)cncc2C=Cc2cncc(OCCNC3CCN(C(C)C)CC3)c2)ccc2[nH]ccc12. The minimum absolute atomic E-state index is 0.480. The summed E-state index contributed by atoms with van der Waals surface area (Å²) in [5.74, 6) is 0.733. The van der Waals surface area contributed by atoms with Gasteiger partial charge in [0, 0.05) is 65.6 Å². The molecule has 8 heteroatoms. The quantitative estimate of drug-likeness (QED) is 0.218. The van der Waals surface area contributed by atoms with Crippen LogP contribution >= 0.6 is 0 Å². The van der Waals surface area contributed by atoms with Crippen LogP contribution < -0.4 is 15.4 Å². The predicted octanol–water partition coefficient (Wildman–Crippen LogP) is 5.89. The molecule has 0 spiro atoms. The second-order valence-electron chi connectivity index (χ2n) is 10.6. The van der Waals surface area contributed by atoms with E-state index < -0.39 is 0 Å². The van der Waals surface area contributed by atoms with Crippen LogP contribution in [0, 0.1) is 18.3 Å². The van der Waals surface area contributed by atoms with E-state index in [4.69, 9.17) is 4.74 Å². The van der Waals surface area contributed by atoms with E-state index in [0.717, 1.165) is 64.4 Å². The van der Waals surface area contributed by atoms with E-state index >= 15 is 0 Å². The van der Waals surface area contributed by atoms with E-state index in [2.05, 4.69) is 63.4 Å². The first-order chi connectivity index (χ1) is 19.5. The summed E-state index contributed by atoms with van der Waals surface area (Å²) in [6.07, 6.45) is 15.1. The maximum Gasteiger partial charge on any atom is 0.138 e. The first-order valence-electron chi connectivity index (χ1n) is 14.0. The third-order valence-electron chi connectivity index (χ3n) is 7.61. The van der Waals surface area contributed by atoms with Gasteiger partial charge in [-0.05, 0) is 82.1 Å². The van der Waals surface area contributed by atoms with Crippen molar-refractivity contribution >= 4 is 34.4 Å². The molecule has 0 bridgehead atoms. The zero-order chi connectivity index (χ0) is 27.9. The largest absolute Gasteiger partial charge is 0.491 e. The number of fused-ring (bicyclic) bond motifs is 1. The van der Waals surface area contributed by atoms with Crippen molar-refractivity contribution in [3.8, 4) is 11.8 Å². The van der Waals surface area contributed by atoms with E-state index in [-0.39, 0.29) is 0 Å². The molecule has 3 N–H and O–H groups in total. The van der Waals surface area contributed by atoms with E-state index in [9.17, 15) is 5.26 Å². The molecule has 40 heavy (non-hydrogen) atoms. The van der Waals surface area contributed by atoms with Gasteiger partial charge in [0.2, 0.25) is 0 Å². The topological polar surface area (TPSA) is 102 Å². The number of ether oxygens (including phenoxy) is 1. The maximum atomic E-state index is 9.78. The second-order valence-corrected chi connectivity index (χ2v) is 10.6. The highest BCUT2D eigenvalue weighted by Gasteiger charge is 2.20. The van der Waals surface area contributed by atoms with Gasteiger partial charge in [-0.25, -0.2) is 0 Å². The van der Waals surface area contributed by atoms with Crippen molar-refractivity contribution in [2.45, 2.75) is 45.7 Å². The molecule has 0 amide bonds. The summed E-state index contributed by atoms with van der Waals surface area (Å²) in [7, 11) is 0. The van der Waals surface area contributed by atoms with Crippen molar-refractivity contribution in [1.82, 2.24) is 25.2 Å². The molecule has 0 unspecified atom stereocenters. The number of pyridine rings is 2. The Morgan fingerprint density at radius 2 is 1.95 bits per heavy atom. The molecule has 3 aromatic heterocycles. The molecule has 0 aliphatic carbocycles. The number of likely N-dealkylation sites (tertiary alicyclic amines) is 1. The molecule has 1 aliphatic rings. The van der Waals surface area contributed by atoms with Crippen LogP contribution in [-0.4, -0.2) is 58.2 Å². The number of nitriles is 1. The highest BCUT2D eigenvalue weighted by atomic mass is 16.5. The molecule has 0 radical (unpaired) electrons. The summed E-state index contributed by atoms with van der Waals surface area (Å²) >= 11 is 0.